The molecule has 4 rings (SSSR count). The lowest BCUT2D eigenvalue weighted by molar-refractivity contribution is -0.121. The second kappa shape index (κ2) is 8.34. The first-order chi connectivity index (χ1) is 14.4. The zero-order valence-electron chi connectivity index (χ0n) is 16.0. The normalized spacial score (nSPS) is 16.8. The highest BCUT2D eigenvalue weighted by Crippen LogP contribution is 2.34. The minimum absolute atomic E-state index is 0.107. The SMILES string of the molecule is Cc1nc(NC(=O)[C@H]2CCCN(C(=O)c3ccoc3)C2)sc1-c1nccn1C(F)F. The number of thiazole rings is 1. The summed E-state index contributed by atoms with van der Waals surface area (Å²) in [5, 5.41) is 3.08. The van der Waals surface area contributed by atoms with Gasteiger partial charge in [-0.3, -0.25) is 14.2 Å². The van der Waals surface area contributed by atoms with Gasteiger partial charge in [-0.25, -0.2) is 9.97 Å². The molecule has 0 aliphatic carbocycles. The number of hydrogen-bond acceptors (Lipinski definition) is 6. The van der Waals surface area contributed by atoms with Crippen LogP contribution < -0.4 is 5.32 Å². The van der Waals surface area contributed by atoms with Crippen LogP contribution in [0.25, 0.3) is 10.7 Å². The Labute approximate surface area is 174 Å². The number of alkyl halides is 2. The molecule has 0 aromatic carbocycles. The van der Waals surface area contributed by atoms with Crippen LogP contribution in [0.5, 0.6) is 0 Å². The fourth-order valence-corrected chi connectivity index (χ4v) is 4.43. The van der Waals surface area contributed by atoms with Gasteiger partial charge in [-0.2, -0.15) is 8.78 Å². The van der Waals surface area contributed by atoms with Crippen LogP contribution in [0.2, 0.25) is 0 Å². The van der Waals surface area contributed by atoms with E-state index in [1.807, 2.05) is 0 Å². The van der Waals surface area contributed by atoms with E-state index < -0.39 is 6.55 Å². The molecular weight excluding hydrogens is 416 g/mol. The zero-order valence-corrected chi connectivity index (χ0v) is 16.9. The molecule has 1 N–H and O–H groups in total. The highest BCUT2D eigenvalue weighted by atomic mass is 32.1. The first kappa shape index (κ1) is 20.2. The zero-order chi connectivity index (χ0) is 21.3. The Kier molecular flexibility index (Phi) is 5.62. The van der Waals surface area contributed by atoms with Crippen LogP contribution in [0.1, 0.15) is 35.4 Å². The number of nitrogens with one attached hydrogen (secondary N) is 1. The van der Waals surface area contributed by atoms with Crippen LogP contribution >= 0.6 is 11.3 Å². The molecule has 30 heavy (non-hydrogen) atoms. The third-order valence-electron chi connectivity index (χ3n) is 4.96. The topological polar surface area (TPSA) is 93.3 Å². The molecule has 1 aliphatic rings. The van der Waals surface area contributed by atoms with Crippen LogP contribution in [-0.2, 0) is 4.79 Å². The summed E-state index contributed by atoms with van der Waals surface area (Å²) in [4.78, 5) is 35.7. The quantitative estimate of drug-likeness (QED) is 0.658. The summed E-state index contributed by atoms with van der Waals surface area (Å²) in [7, 11) is 0. The number of nitrogens with zero attached hydrogens (tertiary/aromatic N) is 4. The summed E-state index contributed by atoms with van der Waals surface area (Å²) in [6, 6.07) is 1.59. The predicted molar refractivity (Wildman–Crippen MR) is 105 cm³/mol. The number of imidazole rings is 1. The number of halogens is 2. The van der Waals surface area contributed by atoms with E-state index in [-0.39, 0.29) is 23.6 Å². The van der Waals surface area contributed by atoms with Gasteiger partial charge in [0, 0.05) is 25.5 Å². The maximum absolute atomic E-state index is 13.1. The standard InChI is InChI=1S/C19H19F2N5O3S/c1-11-14(15-22-5-7-26(15)18(20)21)30-19(23-11)24-16(27)12-3-2-6-25(9-12)17(28)13-4-8-29-10-13/h4-5,7-8,10,12,18H,2-3,6,9H2,1H3,(H,23,24,27)/t12-/m0/s1. The molecule has 0 radical (unpaired) electrons. The fraction of sp³-hybridized carbons (Fsp3) is 0.368. The highest BCUT2D eigenvalue weighted by Gasteiger charge is 2.30. The average molecular weight is 435 g/mol. The van der Waals surface area contributed by atoms with E-state index in [4.69, 9.17) is 4.42 Å². The van der Waals surface area contributed by atoms with Crippen LogP contribution in [0.4, 0.5) is 13.9 Å². The smallest absolute Gasteiger partial charge is 0.320 e. The molecule has 3 aromatic rings. The molecule has 0 unspecified atom stereocenters. The van der Waals surface area contributed by atoms with Crippen LogP contribution in [0.3, 0.4) is 0 Å². The van der Waals surface area contributed by atoms with Crippen molar-refractivity contribution in [2.24, 2.45) is 5.92 Å². The lowest BCUT2D eigenvalue weighted by atomic mass is 9.97. The van der Waals surface area contributed by atoms with Gasteiger partial charge in [0.2, 0.25) is 5.91 Å². The molecule has 0 spiro atoms. The van der Waals surface area contributed by atoms with Crippen LogP contribution in [0.15, 0.2) is 35.4 Å². The van der Waals surface area contributed by atoms with Crippen molar-refractivity contribution >= 4 is 28.3 Å². The van der Waals surface area contributed by atoms with Gasteiger partial charge in [-0.1, -0.05) is 11.3 Å². The summed E-state index contributed by atoms with van der Waals surface area (Å²) >= 11 is 1.09. The van der Waals surface area contributed by atoms with Gasteiger partial charge in [0.15, 0.2) is 11.0 Å². The van der Waals surface area contributed by atoms with Gasteiger partial charge < -0.3 is 14.6 Å². The lowest BCUT2D eigenvalue weighted by Gasteiger charge is -2.31. The maximum Gasteiger partial charge on any atom is 0.320 e. The molecule has 0 bridgehead atoms. The first-order valence-corrected chi connectivity index (χ1v) is 10.2. The van der Waals surface area contributed by atoms with Gasteiger partial charge in [0.05, 0.1) is 28.3 Å². The number of furan rings is 1. The van der Waals surface area contributed by atoms with Gasteiger partial charge in [0.1, 0.15) is 6.26 Å². The summed E-state index contributed by atoms with van der Waals surface area (Å²) in [6.07, 6.45) is 6.67. The third-order valence-corrected chi connectivity index (χ3v) is 6.03. The molecule has 158 valence electrons. The largest absolute Gasteiger partial charge is 0.472 e. The Bertz CT molecular complexity index is 1050. The number of piperidine rings is 1. The Hall–Kier alpha value is -3.08. The van der Waals surface area contributed by atoms with Crippen molar-refractivity contribution in [3.63, 3.8) is 0 Å². The number of carbonyl (C=O) groups is 2. The van der Waals surface area contributed by atoms with Crippen LogP contribution in [-0.4, -0.2) is 44.3 Å². The molecule has 8 nitrogen and oxygen atoms in total. The molecule has 4 heterocycles. The van der Waals surface area contributed by atoms with Gasteiger partial charge in [-0.15, -0.1) is 0 Å². The van der Waals surface area contributed by atoms with E-state index in [0.29, 0.717) is 47.2 Å². The Morgan fingerprint density at radius 2 is 2.23 bits per heavy atom. The summed E-state index contributed by atoms with van der Waals surface area (Å²) in [6.45, 7) is -0.172. The maximum atomic E-state index is 13.1. The van der Waals surface area contributed by atoms with Gasteiger partial charge in [0.25, 0.3) is 5.91 Å². The van der Waals surface area contributed by atoms with E-state index >= 15 is 0 Å². The van der Waals surface area contributed by atoms with E-state index in [1.54, 1.807) is 17.9 Å². The molecular formula is C19H19F2N5O3S. The molecule has 2 amide bonds. The van der Waals surface area contributed by atoms with Gasteiger partial charge >= 0.3 is 6.55 Å². The summed E-state index contributed by atoms with van der Waals surface area (Å²) in [5.41, 5.74) is 0.953. The second-order valence-corrected chi connectivity index (χ2v) is 7.96. The third kappa shape index (κ3) is 3.97. The minimum atomic E-state index is -2.72. The second-order valence-electron chi connectivity index (χ2n) is 6.96. The van der Waals surface area contributed by atoms with Crippen molar-refractivity contribution in [2.45, 2.75) is 26.3 Å². The van der Waals surface area contributed by atoms with Crippen molar-refractivity contribution in [1.82, 2.24) is 19.4 Å². The highest BCUT2D eigenvalue weighted by molar-refractivity contribution is 7.19. The predicted octanol–water partition coefficient (Wildman–Crippen LogP) is 3.79. The molecule has 1 fully saturated rings. The molecule has 11 heteroatoms. The number of rotatable bonds is 5. The van der Waals surface area contributed by atoms with Gasteiger partial charge in [-0.05, 0) is 25.8 Å². The lowest BCUT2D eigenvalue weighted by Crippen LogP contribution is -2.43. The van der Waals surface area contributed by atoms with E-state index in [9.17, 15) is 18.4 Å². The Balaban J connectivity index is 1.45. The number of aromatic nitrogens is 3. The molecule has 1 aliphatic heterocycles. The minimum Gasteiger partial charge on any atom is -0.472 e. The van der Waals surface area contributed by atoms with Crippen molar-refractivity contribution < 1.29 is 22.8 Å². The monoisotopic (exact) mass is 435 g/mol. The number of hydrogen-bond donors (Lipinski definition) is 1. The molecule has 0 saturated carbocycles. The Morgan fingerprint density at radius 1 is 1.40 bits per heavy atom. The number of aryl methyl sites for hydroxylation is 1. The first-order valence-electron chi connectivity index (χ1n) is 9.35. The van der Waals surface area contributed by atoms with E-state index in [0.717, 1.165) is 15.9 Å². The van der Waals surface area contributed by atoms with E-state index in [1.165, 1.54) is 24.9 Å². The number of likely N-dealkylation sites (tertiary alicyclic amines) is 1. The van der Waals surface area contributed by atoms with Crippen molar-refractivity contribution in [1.29, 1.82) is 0 Å². The van der Waals surface area contributed by atoms with Crippen molar-refractivity contribution in [2.75, 3.05) is 18.4 Å². The Morgan fingerprint density at radius 3 is 2.97 bits per heavy atom. The summed E-state index contributed by atoms with van der Waals surface area (Å²) < 4.78 is 32.0. The van der Waals surface area contributed by atoms with Crippen molar-refractivity contribution in [3.8, 4) is 10.7 Å². The molecule has 3 aromatic heterocycles. The number of amides is 2. The number of anilines is 1. The molecule has 1 atom stereocenters. The van der Waals surface area contributed by atoms with E-state index in [2.05, 4.69) is 15.3 Å². The fourth-order valence-electron chi connectivity index (χ4n) is 3.46. The van der Waals surface area contributed by atoms with Crippen LogP contribution in [0, 0.1) is 12.8 Å². The van der Waals surface area contributed by atoms with Crippen molar-refractivity contribution in [3.05, 3.63) is 42.2 Å². The average Bonchev–Trinajstić information content (AvgIpc) is 3.48. The number of carbonyl (C=O) groups excluding carboxylic acids is 2. The molecule has 1 saturated heterocycles. The summed E-state index contributed by atoms with van der Waals surface area (Å²) in [5.74, 6) is -0.704.